The first-order valence-corrected chi connectivity index (χ1v) is 9.11. The summed E-state index contributed by atoms with van der Waals surface area (Å²) in [6, 6.07) is 13.0. The minimum absolute atomic E-state index is 0.160. The van der Waals surface area contributed by atoms with Crippen LogP contribution < -0.4 is 4.72 Å². The molecule has 2 aromatic carbocycles. The number of thioether (sulfide) groups is 1. The highest BCUT2D eigenvalue weighted by Crippen LogP contribution is 2.17. The molecular formula is C15H16FNO2S2. The SMILES string of the molecule is CSc1ccc(S(=O)(=O)NCCc2ccccc2F)cc1. The van der Waals surface area contributed by atoms with E-state index >= 15 is 0 Å². The normalized spacial score (nSPS) is 11.5. The maximum atomic E-state index is 13.4. The smallest absolute Gasteiger partial charge is 0.211 e. The lowest BCUT2D eigenvalue weighted by Crippen LogP contribution is -2.26. The van der Waals surface area contributed by atoms with Gasteiger partial charge in [0.05, 0.1) is 4.90 Å². The first-order chi connectivity index (χ1) is 10.0. The van der Waals surface area contributed by atoms with Gasteiger partial charge in [0.15, 0.2) is 0 Å². The Morgan fingerprint density at radius 1 is 1.10 bits per heavy atom. The van der Waals surface area contributed by atoms with Crippen LogP contribution in [0.3, 0.4) is 0 Å². The number of nitrogens with one attached hydrogen (secondary N) is 1. The summed E-state index contributed by atoms with van der Waals surface area (Å²) in [6.45, 7) is 0.160. The van der Waals surface area contributed by atoms with E-state index in [4.69, 9.17) is 0 Å². The van der Waals surface area contributed by atoms with Crippen molar-refractivity contribution in [3.63, 3.8) is 0 Å². The van der Waals surface area contributed by atoms with Crippen LogP contribution in [0.1, 0.15) is 5.56 Å². The lowest BCUT2D eigenvalue weighted by atomic mass is 10.1. The number of hydrogen-bond donors (Lipinski definition) is 1. The minimum Gasteiger partial charge on any atom is -0.211 e. The van der Waals surface area contributed by atoms with Gasteiger partial charge < -0.3 is 0 Å². The first kappa shape index (κ1) is 16.0. The second-order valence-corrected chi connectivity index (χ2v) is 7.06. The van der Waals surface area contributed by atoms with Gasteiger partial charge in [-0.2, -0.15) is 0 Å². The number of halogens is 1. The van der Waals surface area contributed by atoms with Crippen molar-refractivity contribution in [3.8, 4) is 0 Å². The van der Waals surface area contributed by atoms with Crippen LogP contribution in [0.5, 0.6) is 0 Å². The predicted molar refractivity (Wildman–Crippen MR) is 83.5 cm³/mol. The zero-order chi connectivity index (χ0) is 15.3. The van der Waals surface area contributed by atoms with E-state index in [1.165, 1.54) is 6.07 Å². The Balaban J connectivity index is 1.99. The van der Waals surface area contributed by atoms with Gasteiger partial charge in [-0.3, -0.25) is 0 Å². The molecule has 0 atom stereocenters. The van der Waals surface area contributed by atoms with E-state index in [9.17, 15) is 12.8 Å². The monoisotopic (exact) mass is 325 g/mol. The van der Waals surface area contributed by atoms with Gasteiger partial charge in [0.1, 0.15) is 5.82 Å². The topological polar surface area (TPSA) is 46.2 Å². The molecule has 21 heavy (non-hydrogen) atoms. The lowest BCUT2D eigenvalue weighted by Gasteiger charge is -2.08. The van der Waals surface area contributed by atoms with Crippen LogP contribution >= 0.6 is 11.8 Å². The van der Waals surface area contributed by atoms with Crippen LogP contribution in [0, 0.1) is 5.82 Å². The third-order valence-electron chi connectivity index (χ3n) is 3.01. The Morgan fingerprint density at radius 3 is 2.38 bits per heavy atom. The molecule has 0 aliphatic carbocycles. The highest BCUT2D eigenvalue weighted by Gasteiger charge is 2.13. The fourth-order valence-corrected chi connectivity index (χ4v) is 3.30. The third-order valence-corrected chi connectivity index (χ3v) is 5.23. The zero-order valence-corrected chi connectivity index (χ0v) is 13.2. The fourth-order valence-electron chi connectivity index (χ4n) is 1.86. The van der Waals surface area contributed by atoms with Crippen LogP contribution in [0.25, 0.3) is 0 Å². The van der Waals surface area contributed by atoms with Crippen LogP contribution in [0.4, 0.5) is 4.39 Å². The summed E-state index contributed by atoms with van der Waals surface area (Å²) in [5.41, 5.74) is 0.498. The van der Waals surface area contributed by atoms with E-state index in [2.05, 4.69) is 4.72 Å². The molecule has 0 saturated carbocycles. The second kappa shape index (κ2) is 7.06. The number of hydrogen-bond acceptors (Lipinski definition) is 3. The molecule has 3 nitrogen and oxygen atoms in total. The molecule has 0 radical (unpaired) electrons. The van der Waals surface area contributed by atoms with Crippen molar-refractivity contribution in [3.05, 3.63) is 59.9 Å². The van der Waals surface area contributed by atoms with Crippen molar-refractivity contribution in [1.82, 2.24) is 4.72 Å². The van der Waals surface area contributed by atoms with Gasteiger partial charge in [-0.05, 0) is 48.6 Å². The van der Waals surface area contributed by atoms with Gasteiger partial charge in [0.25, 0.3) is 0 Å². The van der Waals surface area contributed by atoms with E-state index in [0.717, 1.165) is 4.90 Å². The van der Waals surface area contributed by atoms with Gasteiger partial charge >= 0.3 is 0 Å². The van der Waals surface area contributed by atoms with Crippen molar-refractivity contribution in [2.24, 2.45) is 0 Å². The van der Waals surface area contributed by atoms with Gasteiger partial charge in [0, 0.05) is 11.4 Å². The molecule has 0 aliphatic heterocycles. The molecule has 0 saturated heterocycles. The molecular weight excluding hydrogens is 309 g/mol. The second-order valence-electron chi connectivity index (χ2n) is 4.41. The average molecular weight is 325 g/mol. The average Bonchev–Trinajstić information content (AvgIpc) is 2.49. The molecule has 0 bridgehead atoms. The molecule has 6 heteroatoms. The summed E-state index contributed by atoms with van der Waals surface area (Å²) in [4.78, 5) is 1.22. The van der Waals surface area contributed by atoms with Crippen molar-refractivity contribution in [2.75, 3.05) is 12.8 Å². The Labute approximate surface area is 128 Å². The van der Waals surface area contributed by atoms with E-state index in [0.29, 0.717) is 12.0 Å². The fraction of sp³-hybridized carbons (Fsp3) is 0.200. The zero-order valence-electron chi connectivity index (χ0n) is 11.5. The third kappa shape index (κ3) is 4.30. The van der Waals surface area contributed by atoms with E-state index in [1.807, 2.05) is 6.26 Å². The standard InChI is InChI=1S/C15H16FNO2S2/c1-20-13-6-8-14(9-7-13)21(18,19)17-11-10-12-4-2-3-5-15(12)16/h2-9,17H,10-11H2,1H3. The molecule has 1 N–H and O–H groups in total. The van der Waals surface area contributed by atoms with Gasteiger partial charge in [-0.15, -0.1) is 11.8 Å². The largest absolute Gasteiger partial charge is 0.240 e. The minimum atomic E-state index is -3.55. The summed E-state index contributed by atoms with van der Waals surface area (Å²) >= 11 is 1.55. The van der Waals surface area contributed by atoms with Gasteiger partial charge in [0.2, 0.25) is 10.0 Å². The van der Waals surface area contributed by atoms with Crippen molar-refractivity contribution in [1.29, 1.82) is 0 Å². The summed E-state index contributed by atoms with van der Waals surface area (Å²) < 4.78 is 40.1. The summed E-state index contributed by atoms with van der Waals surface area (Å²) in [6.07, 6.45) is 2.24. The van der Waals surface area contributed by atoms with Crippen LogP contribution in [-0.2, 0) is 16.4 Å². The lowest BCUT2D eigenvalue weighted by molar-refractivity contribution is 0.577. The van der Waals surface area contributed by atoms with E-state index < -0.39 is 10.0 Å². The Bertz CT molecular complexity index is 700. The van der Waals surface area contributed by atoms with Crippen molar-refractivity contribution >= 4 is 21.8 Å². The molecule has 112 valence electrons. The maximum absolute atomic E-state index is 13.4. The molecule has 0 amide bonds. The highest BCUT2D eigenvalue weighted by atomic mass is 32.2. The first-order valence-electron chi connectivity index (χ1n) is 6.40. The van der Waals surface area contributed by atoms with E-state index in [1.54, 1.807) is 54.2 Å². The highest BCUT2D eigenvalue weighted by molar-refractivity contribution is 7.98. The van der Waals surface area contributed by atoms with Crippen LogP contribution in [0.15, 0.2) is 58.3 Å². The van der Waals surface area contributed by atoms with Crippen LogP contribution in [0.2, 0.25) is 0 Å². The molecule has 0 heterocycles. The molecule has 2 rings (SSSR count). The summed E-state index contributed by atoms with van der Waals surface area (Å²) in [7, 11) is -3.55. The van der Waals surface area contributed by atoms with E-state index in [-0.39, 0.29) is 17.3 Å². The Hall–Kier alpha value is -1.37. The molecule has 0 fully saturated rings. The Morgan fingerprint density at radius 2 is 1.76 bits per heavy atom. The van der Waals surface area contributed by atoms with Crippen molar-refractivity contribution < 1.29 is 12.8 Å². The van der Waals surface area contributed by atoms with Gasteiger partial charge in [-0.1, -0.05) is 18.2 Å². The number of benzene rings is 2. The number of sulfonamides is 1. The molecule has 0 aromatic heterocycles. The molecule has 0 unspecified atom stereocenters. The predicted octanol–water partition coefficient (Wildman–Crippen LogP) is 3.07. The quantitative estimate of drug-likeness (QED) is 0.830. The van der Waals surface area contributed by atoms with Crippen molar-refractivity contribution in [2.45, 2.75) is 16.2 Å². The number of rotatable bonds is 6. The van der Waals surface area contributed by atoms with Crippen LogP contribution in [-0.4, -0.2) is 21.2 Å². The molecule has 0 aliphatic rings. The summed E-state index contributed by atoms with van der Waals surface area (Å²) in [5, 5.41) is 0. The maximum Gasteiger partial charge on any atom is 0.240 e. The molecule has 2 aromatic rings. The summed E-state index contributed by atoms with van der Waals surface area (Å²) in [5.74, 6) is -0.318. The van der Waals surface area contributed by atoms with Gasteiger partial charge in [-0.25, -0.2) is 17.5 Å². The molecule has 0 spiro atoms. The Kier molecular flexibility index (Phi) is 5.39.